The minimum atomic E-state index is -0.249. The van der Waals surface area contributed by atoms with Crippen LogP contribution in [0.3, 0.4) is 0 Å². The Hall–Kier alpha value is -1.65. The molecular weight excluding hydrogens is 156 g/mol. The van der Waals surface area contributed by atoms with Crippen LogP contribution < -0.4 is 5.69 Å². The van der Waals surface area contributed by atoms with Gasteiger partial charge in [-0.2, -0.15) is 5.10 Å². The van der Waals surface area contributed by atoms with Crippen molar-refractivity contribution < 1.29 is 0 Å². The first-order chi connectivity index (χ1) is 5.70. The average molecular weight is 164 g/mol. The van der Waals surface area contributed by atoms with Gasteiger partial charge in [-0.3, -0.25) is 0 Å². The van der Waals surface area contributed by atoms with Crippen molar-refractivity contribution in [2.24, 2.45) is 0 Å². The summed E-state index contributed by atoms with van der Waals surface area (Å²) in [4.78, 5) is 15.1. The molecule has 12 heavy (non-hydrogen) atoms. The largest absolute Gasteiger partial charge is 0.348 e. The number of rotatable bonds is 0. The molecule has 0 aliphatic carbocycles. The second kappa shape index (κ2) is 2.17. The molecule has 2 aromatic rings. The number of nitrogens with one attached hydrogen (secondary N) is 1. The van der Waals surface area contributed by atoms with Gasteiger partial charge in [0.25, 0.3) is 0 Å². The summed E-state index contributed by atoms with van der Waals surface area (Å²) in [5.41, 5.74) is 2.21. The van der Waals surface area contributed by atoms with E-state index in [9.17, 15) is 4.79 Å². The lowest BCUT2D eigenvalue weighted by Gasteiger charge is -1.97. The molecule has 0 aliphatic rings. The first-order valence-corrected chi connectivity index (χ1v) is 3.59. The first-order valence-electron chi connectivity index (χ1n) is 3.59. The third kappa shape index (κ3) is 0.761. The van der Waals surface area contributed by atoms with Crippen LogP contribution in [-0.2, 0) is 0 Å². The van der Waals surface area contributed by atoms with Crippen molar-refractivity contribution in [1.82, 2.24) is 19.6 Å². The van der Waals surface area contributed by atoms with E-state index < -0.39 is 0 Å². The predicted molar refractivity (Wildman–Crippen MR) is 43.1 cm³/mol. The second-order valence-corrected chi connectivity index (χ2v) is 2.68. The van der Waals surface area contributed by atoms with Gasteiger partial charge in [-0.05, 0) is 13.8 Å². The van der Waals surface area contributed by atoms with E-state index in [2.05, 4.69) is 15.2 Å². The van der Waals surface area contributed by atoms with Gasteiger partial charge >= 0.3 is 5.69 Å². The molecule has 0 aromatic carbocycles. The summed E-state index contributed by atoms with van der Waals surface area (Å²) in [6, 6.07) is 0. The van der Waals surface area contributed by atoms with Gasteiger partial charge in [-0.1, -0.05) is 0 Å². The molecule has 0 bridgehead atoms. The van der Waals surface area contributed by atoms with E-state index in [0.717, 1.165) is 11.3 Å². The number of hydrogen-bond donors (Lipinski definition) is 1. The highest BCUT2D eigenvalue weighted by Crippen LogP contribution is 2.05. The number of nitrogens with zero attached hydrogens (tertiary/aromatic N) is 3. The topological polar surface area (TPSA) is 63.1 Å². The van der Waals surface area contributed by atoms with E-state index in [-0.39, 0.29) is 5.69 Å². The molecule has 0 aliphatic heterocycles. The molecule has 0 fully saturated rings. The third-order valence-corrected chi connectivity index (χ3v) is 1.95. The zero-order chi connectivity index (χ0) is 8.72. The summed E-state index contributed by atoms with van der Waals surface area (Å²) in [5, 5.41) is 6.23. The highest BCUT2D eigenvalue weighted by Gasteiger charge is 2.04. The molecule has 2 aromatic heterocycles. The van der Waals surface area contributed by atoms with Gasteiger partial charge < -0.3 is 0 Å². The van der Waals surface area contributed by atoms with Crippen LogP contribution in [0.1, 0.15) is 11.3 Å². The van der Waals surface area contributed by atoms with Crippen LogP contribution in [0.2, 0.25) is 0 Å². The van der Waals surface area contributed by atoms with Crippen molar-refractivity contribution in [3.05, 3.63) is 28.1 Å². The number of aryl methyl sites for hydroxylation is 2. The SMILES string of the molecule is Cc1ncn2c(=O)[nH]nc2c1C. The lowest BCUT2D eigenvalue weighted by molar-refractivity contribution is 0.975. The highest BCUT2D eigenvalue weighted by atomic mass is 16.1. The molecule has 0 unspecified atom stereocenters. The zero-order valence-electron chi connectivity index (χ0n) is 6.83. The fraction of sp³-hybridized carbons (Fsp3) is 0.286. The molecular formula is C7H8N4O. The molecule has 0 saturated heterocycles. The van der Waals surface area contributed by atoms with Gasteiger partial charge in [0.05, 0.1) is 0 Å². The summed E-state index contributed by atoms with van der Waals surface area (Å²) >= 11 is 0. The summed E-state index contributed by atoms with van der Waals surface area (Å²) in [6.07, 6.45) is 1.48. The van der Waals surface area contributed by atoms with E-state index >= 15 is 0 Å². The number of hydrogen-bond acceptors (Lipinski definition) is 3. The Morgan fingerprint density at radius 2 is 2.25 bits per heavy atom. The van der Waals surface area contributed by atoms with Crippen LogP contribution in [0.5, 0.6) is 0 Å². The van der Waals surface area contributed by atoms with Crippen LogP contribution in [0.4, 0.5) is 0 Å². The van der Waals surface area contributed by atoms with Gasteiger partial charge in [0.15, 0.2) is 5.65 Å². The molecule has 1 N–H and O–H groups in total. The van der Waals surface area contributed by atoms with Crippen molar-refractivity contribution in [2.75, 3.05) is 0 Å². The summed E-state index contributed by atoms with van der Waals surface area (Å²) in [6.45, 7) is 3.77. The van der Waals surface area contributed by atoms with E-state index in [1.165, 1.54) is 10.7 Å². The maximum absolute atomic E-state index is 11.0. The summed E-state index contributed by atoms with van der Waals surface area (Å²) < 4.78 is 1.39. The van der Waals surface area contributed by atoms with Crippen LogP contribution >= 0.6 is 0 Å². The highest BCUT2D eigenvalue weighted by molar-refractivity contribution is 5.46. The van der Waals surface area contributed by atoms with E-state index in [1.54, 1.807) is 0 Å². The van der Waals surface area contributed by atoms with Crippen LogP contribution in [0, 0.1) is 13.8 Å². The Kier molecular flexibility index (Phi) is 1.27. The van der Waals surface area contributed by atoms with E-state index in [4.69, 9.17) is 0 Å². The second-order valence-electron chi connectivity index (χ2n) is 2.68. The van der Waals surface area contributed by atoms with E-state index in [1.807, 2.05) is 13.8 Å². The fourth-order valence-corrected chi connectivity index (χ4v) is 1.08. The van der Waals surface area contributed by atoms with Crippen LogP contribution in [-0.4, -0.2) is 19.6 Å². The lowest BCUT2D eigenvalue weighted by atomic mass is 10.3. The summed E-state index contributed by atoms with van der Waals surface area (Å²) in [5.74, 6) is 0. The molecule has 5 nitrogen and oxygen atoms in total. The fourth-order valence-electron chi connectivity index (χ4n) is 1.08. The smallest absolute Gasteiger partial charge is 0.246 e. The monoisotopic (exact) mass is 164 g/mol. The molecule has 0 amide bonds. The Morgan fingerprint density at radius 1 is 1.50 bits per heavy atom. The van der Waals surface area contributed by atoms with E-state index in [0.29, 0.717) is 5.65 Å². The summed E-state index contributed by atoms with van der Waals surface area (Å²) in [7, 11) is 0. The number of aromatic amines is 1. The average Bonchev–Trinajstić information content (AvgIpc) is 2.41. The Labute approximate surface area is 68.1 Å². The van der Waals surface area contributed by atoms with Crippen molar-refractivity contribution in [1.29, 1.82) is 0 Å². The molecule has 2 heterocycles. The minimum Gasteiger partial charge on any atom is -0.246 e. The Balaban J connectivity index is 3.02. The van der Waals surface area contributed by atoms with Crippen LogP contribution in [0.25, 0.3) is 5.65 Å². The number of aromatic nitrogens is 4. The van der Waals surface area contributed by atoms with Gasteiger partial charge in [-0.15, -0.1) is 0 Å². The number of fused-ring (bicyclic) bond motifs is 1. The molecule has 5 heteroatoms. The van der Waals surface area contributed by atoms with Crippen molar-refractivity contribution in [2.45, 2.75) is 13.8 Å². The zero-order valence-corrected chi connectivity index (χ0v) is 6.83. The molecule has 62 valence electrons. The predicted octanol–water partition coefficient (Wildman–Crippen LogP) is 0.0344. The standard InChI is InChI=1S/C7H8N4O/c1-4-5(2)8-3-11-6(4)9-10-7(11)12/h3H,1-2H3,(H,10,12). The first kappa shape index (κ1) is 7.02. The third-order valence-electron chi connectivity index (χ3n) is 1.95. The van der Waals surface area contributed by atoms with Gasteiger partial charge in [0.2, 0.25) is 0 Å². The molecule has 0 saturated carbocycles. The maximum Gasteiger partial charge on any atom is 0.348 e. The molecule has 2 rings (SSSR count). The quantitative estimate of drug-likeness (QED) is 0.597. The maximum atomic E-state index is 11.0. The van der Waals surface area contributed by atoms with Crippen molar-refractivity contribution >= 4 is 5.65 Å². The van der Waals surface area contributed by atoms with Gasteiger partial charge in [-0.25, -0.2) is 19.3 Å². The molecule has 0 atom stereocenters. The minimum absolute atomic E-state index is 0.249. The van der Waals surface area contributed by atoms with Crippen LogP contribution in [0.15, 0.2) is 11.1 Å². The number of H-pyrrole nitrogens is 1. The Morgan fingerprint density at radius 3 is 3.00 bits per heavy atom. The Bertz CT molecular complexity index is 482. The molecule has 0 radical (unpaired) electrons. The normalized spacial score (nSPS) is 10.8. The molecule has 0 spiro atoms. The van der Waals surface area contributed by atoms with Crippen molar-refractivity contribution in [3.63, 3.8) is 0 Å². The lowest BCUT2D eigenvalue weighted by Crippen LogP contribution is -2.10. The van der Waals surface area contributed by atoms with Gasteiger partial charge in [0, 0.05) is 11.3 Å². The van der Waals surface area contributed by atoms with Crippen molar-refractivity contribution in [3.8, 4) is 0 Å². The van der Waals surface area contributed by atoms with Gasteiger partial charge in [0.1, 0.15) is 6.33 Å².